The van der Waals surface area contributed by atoms with Crippen molar-refractivity contribution in [1.29, 1.82) is 0 Å². The van der Waals surface area contributed by atoms with Crippen molar-refractivity contribution >= 4 is 10.0 Å². The van der Waals surface area contributed by atoms with Crippen LogP contribution in [0, 0.1) is 26.7 Å². The number of rotatable bonds is 7. The zero-order valence-electron chi connectivity index (χ0n) is 15.6. The number of methoxy groups -OCH3 is 1. The highest BCUT2D eigenvalue weighted by Gasteiger charge is 2.23. The van der Waals surface area contributed by atoms with Gasteiger partial charge in [-0.05, 0) is 68.8 Å². The summed E-state index contributed by atoms with van der Waals surface area (Å²) in [6.45, 7) is 8.49. The Morgan fingerprint density at radius 1 is 1.32 bits per heavy atom. The van der Waals surface area contributed by atoms with E-state index in [9.17, 15) is 13.5 Å². The summed E-state index contributed by atoms with van der Waals surface area (Å²) in [5.41, 5.74) is 2.25. The highest BCUT2D eigenvalue weighted by atomic mass is 32.2. The molecule has 2 rings (SSSR count). The summed E-state index contributed by atoms with van der Waals surface area (Å²) >= 11 is 0. The van der Waals surface area contributed by atoms with Gasteiger partial charge in [0.15, 0.2) is 0 Å². The molecule has 7 heteroatoms. The molecule has 0 spiro atoms. The van der Waals surface area contributed by atoms with E-state index in [2.05, 4.69) is 9.62 Å². The van der Waals surface area contributed by atoms with E-state index in [0.29, 0.717) is 35.2 Å². The minimum atomic E-state index is -3.57. The second-order valence-electron chi connectivity index (χ2n) is 6.86. The van der Waals surface area contributed by atoms with Gasteiger partial charge in [-0.15, -0.1) is 0 Å². The molecule has 1 aromatic rings. The molecule has 1 aliphatic rings. The van der Waals surface area contributed by atoms with Gasteiger partial charge in [0, 0.05) is 26.2 Å². The largest absolute Gasteiger partial charge is 0.496 e. The molecule has 1 aromatic carbocycles. The third-order valence-corrected chi connectivity index (χ3v) is 6.80. The number of nitrogens with one attached hydrogen (secondary N) is 1. The van der Waals surface area contributed by atoms with E-state index in [0.717, 1.165) is 37.1 Å². The molecule has 0 radical (unpaired) electrons. The minimum absolute atomic E-state index is 0.200. The summed E-state index contributed by atoms with van der Waals surface area (Å²) in [5.74, 6) is 1.01. The molecule has 1 heterocycles. The lowest BCUT2D eigenvalue weighted by molar-refractivity contribution is 0.122. The second kappa shape index (κ2) is 8.49. The number of aliphatic hydroxyl groups excluding tert-OH is 1. The normalized spacial score (nSPS) is 19.2. The van der Waals surface area contributed by atoms with Crippen LogP contribution in [-0.4, -0.2) is 58.3 Å². The number of aliphatic hydroxyl groups is 1. The molecule has 0 aromatic heterocycles. The van der Waals surface area contributed by atoms with Gasteiger partial charge in [0.05, 0.1) is 12.0 Å². The zero-order chi connectivity index (χ0) is 18.6. The maximum atomic E-state index is 12.8. The number of hydrogen-bond donors (Lipinski definition) is 2. The Kier molecular flexibility index (Phi) is 6.85. The number of benzene rings is 1. The quantitative estimate of drug-likeness (QED) is 0.762. The van der Waals surface area contributed by atoms with Crippen LogP contribution in [-0.2, 0) is 10.0 Å². The summed E-state index contributed by atoms with van der Waals surface area (Å²) in [6, 6.07) is 1.77. The number of sulfonamides is 1. The van der Waals surface area contributed by atoms with Crippen LogP contribution < -0.4 is 9.46 Å². The molecule has 1 unspecified atom stereocenters. The Labute approximate surface area is 151 Å². The maximum absolute atomic E-state index is 12.8. The van der Waals surface area contributed by atoms with Gasteiger partial charge >= 0.3 is 0 Å². The number of aryl methyl sites for hydroxylation is 1. The lowest BCUT2D eigenvalue weighted by Crippen LogP contribution is -2.41. The standard InChI is InChI=1S/C18H30N2O4S/c1-13-10-17(24-4)14(2)15(3)18(13)25(22,23)19-7-9-20-8-5-6-16(11-20)12-21/h10,16,19,21H,5-9,11-12H2,1-4H3. The van der Waals surface area contributed by atoms with E-state index in [1.807, 2.05) is 13.8 Å². The van der Waals surface area contributed by atoms with Gasteiger partial charge in [0.25, 0.3) is 0 Å². The predicted molar refractivity (Wildman–Crippen MR) is 98.6 cm³/mol. The van der Waals surface area contributed by atoms with Crippen molar-refractivity contribution in [3.05, 3.63) is 22.8 Å². The van der Waals surface area contributed by atoms with Gasteiger partial charge in [-0.25, -0.2) is 13.1 Å². The van der Waals surface area contributed by atoms with E-state index in [1.165, 1.54) is 0 Å². The van der Waals surface area contributed by atoms with Crippen LogP contribution in [0.2, 0.25) is 0 Å². The molecular weight excluding hydrogens is 340 g/mol. The van der Waals surface area contributed by atoms with Crippen molar-refractivity contribution in [1.82, 2.24) is 9.62 Å². The van der Waals surface area contributed by atoms with Crippen LogP contribution in [0.5, 0.6) is 5.75 Å². The number of likely N-dealkylation sites (tertiary alicyclic amines) is 1. The summed E-state index contributed by atoms with van der Waals surface area (Å²) < 4.78 is 33.6. The van der Waals surface area contributed by atoms with E-state index >= 15 is 0 Å². The predicted octanol–water partition coefficient (Wildman–Crippen LogP) is 1.60. The molecule has 1 fully saturated rings. The third-order valence-electron chi connectivity index (χ3n) is 5.05. The fourth-order valence-electron chi connectivity index (χ4n) is 3.56. The van der Waals surface area contributed by atoms with Crippen LogP contribution in [0.4, 0.5) is 0 Å². The minimum Gasteiger partial charge on any atom is -0.496 e. The van der Waals surface area contributed by atoms with Crippen molar-refractivity contribution < 1.29 is 18.3 Å². The summed E-state index contributed by atoms with van der Waals surface area (Å²) in [5, 5.41) is 9.29. The maximum Gasteiger partial charge on any atom is 0.241 e. The van der Waals surface area contributed by atoms with Crippen molar-refractivity contribution in [2.75, 3.05) is 39.9 Å². The highest BCUT2D eigenvalue weighted by molar-refractivity contribution is 7.89. The molecule has 25 heavy (non-hydrogen) atoms. The monoisotopic (exact) mass is 370 g/mol. The van der Waals surface area contributed by atoms with E-state index in [-0.39, 0.29) is 6.61 Å². The fourth-order valence-corrected chi connectivity index (χ4v) is 5.10. The smallest absolute Gasteiger partial charge is 0.241 e. The molecule has 1 saturated heterocycles. The Morgan fingerprint density at radius 3 is 2.68 bits per heavy atom. The molecule has 1 atom stereocenters. The summed E-state index contributed by atoms with van der Waals surface area (Å²) in [6.07, 6.45) is 2.09. The molecule has 0 amide bonds. The van der Waals surface area contributed by atoms with Crippen LogP contribution in [0.15, 0.2) is 11.0 Å². The van der Waals surface area contributed by atoms with E-state index < -0.39 is 10.0 Å². The van der Waals surface area contributed by atoms with Gasteiger partial charge in [-0.3, -0.25) is 0 Å². The first-order chi connectivity index (χ1) is 11.8. The van der Waals surface area contributed by atoms with Crippen LogP contribution >= 0.6 is 0 Å². The molecule has 142 valence electrons. The van der Waals surface area contributed by atoms with E-state index in [1.54, 1.807) is 20.1 Å². The molecule has 0 aliphatic carbocycles. The van der Waals surface area contributed by atoms with Gasteiger partial charge < -0.3 is 14.7 Å². The summed E-state index contributed by atoms with van der Waals surface area (Å²) in [4.78, 5) is 2.56. The van der Waals surface area contributed by atoms with Crippen LogP contribution in [0.1, 0.15) is 29.5 Å². The number of nitrogens with zero attached hydrogens (tertiary/aromatic N) is 1. The second-order valence-corrected chi connectivity index (χ2v) is 8.57. The zero-order valence-corrected chi connectivity index (χ0v) is 16.4. The van der Waals surface area contributed by atoms with Gasteiger partial charge in [-0.1, -0.05) is 0 Å². The molecule has 6 nitrogen and oxygen atoms in total. The average Bonchev–Trinajstić information content (AvgIpc) is 2.58. The SMILES string of the molecule is COc1cc(C)c(S(=O)(=O)NCCN2CCCC(CO)C2)c(C)c1C. The van der Waals surface area contributed by atoms with Crippen LogP contribution in [0.25, 0.3) is 0 Å². The third kappa shape index (κ3) is 4.73. The van der Waals surface area contributed by atoms with Gasteiger partial charge in [0.1, 0.15) is 5.75 Å². The Balaban J connectivity index is 2.06. The average molecular weight is 371 g/mol. The fraction of sp³-hybridized carbons (Fsp3) is 0.667. The molecule has 0 saturated carbocycles. The van der Waals surface area contributed by atoms with Gasteiger partial charge in [0.2, 0.25) is 10.0 Å². The first kappa shape index (κ1) is 20.2. The summed E-state index contributed by atoms with van der Waals surface area (Å²) in [7, 11) is -1.98. The first-order valence-corrected chi connectivity index (χ1v) is 10.3. The topological polar surface area (TPSA) is 78.9 Å². The molecule has 2 N–H and O–H groups in total. The van der Waals surface area contributed by atoms with E-state index in [4.69, 9.17) is 4.74 Å². The molecular formula is C18H30N2O4S. The van der Waals surface area contributed by atoms with Gasteiger partial charge in [-0.2, -0.15) is 0 Å². The Hall–Kier alpha value is -1.15. The lowest BCUT2D eigenvalue weighted by atomic mass is 9.99. The number of hydrogen-bond acceptors (Lipinski definition) is 5. The number of piperidine rings is 1. The first-order valence-electron chi connectivity index (χ1n) is 8.77. The van der Waals surface area contributed by atoms with Crippen LogP contribution in [0.3, 0.4) is 0 Å². The van der Waals surface area contributed by atoms with Crippen molar-refractivity contribution in [2.45, 2.75) is 38.5 Å². The molecule has 1 aliphatic heterocycles. The van der Waals surface area contributed by atoms with Crippen molar-refractivity contribution in [2.24, 2.45) is 5.92 Å². The highest BCUT2D eigenvalue weighted by Crippen LogP contribution is 2.30. The Bertz CT molecular complexity index is 704. The van der Waals surface area contributed by atoms with Crippen molar-refractivity contribution in [3.63, 3.8) is 0 Å². The van der Waals surface area contributed by atoms with Crippen molar-refractivity contribution in [3.8, 4) is 5.75 Å². The number of ether oxygens (including phenoxy) is 1. The lowest BCUT2D eigenvalue weighted by Gasteiger charge is -2.31. The Morgan fingerprint density at radius 2 is 2.04 bits per heavy atom. The molecule has 0 bridgehead atoms.